The Bertz CT molecular complexity index is 1030. The molecule has 3 aromatic rings. The fourth-order valence-corrected chi connectivity index (χ4v) is 2.56. The topological polar surface area (TPSA) is 94.7 Å². The number of esters is 1. The average molecular weight is 328 g/mol. The predicted molar refractivity (Wildman–Crippen MR) is 87.0 cm³/mol. The van der Waals surface area contributed by atoms with Crippen LogP contribution < -0.4 is 10.9 Å². The third-order valence-electron chi connectivity index (χ3n) is 3.88. The first-order valence-corrected chi connectivity index (χ1v) is 7.26. The molecule has 0 aliphatic heterocycles. The fraction of sp³-hybridized carbons (Fsp3) is 0.250. The molecule has 3 aromatic heterocycles. The van der Waals surface area contributed by atoms with E-state index in [1.165, 1.54) is 22.1 Å². The van der Waals surface area contributed by atoms with Crippen LogP contribution in [-0.2, 0) is 16.6 Å². The molecule has 0 atom stereocenters. The maximum Gasteiger partial charge on any atom is 0.325 e. The Hall–Kier alpha value is -3.16. The van der Waals surface area contributed by atoms with E-state index in [0.717, 1.165) is 5.56 Å². The quantitative estimate of drug-likeness (QED) is 0.702. The number of carbonyl (C=O) groups excluding carboxylic acids is 2. The molecule has 124 valence electrons. The van der Waals surface area contributed by atoms with Gasteiger partial charge in [0.25, 0.3) is 11.5 Å². The molecule has 8 nitrogen and oxygen atoms in total. The maximum atomic E-state index is 12.6. The molecular weight excluding hydrogens is 312 g/mol. The molecule has 0 aromatic carbocycles. The number of hydrogen-bond donors (Lipinski definition) is 1. The molecule has 3 rings (SSSR count). The van der Waals surface area contributed by atoms with E-state index in [4.69, 9.17) is 0 Å². The smallest absolute Gasteiger partial charge is 0.325 e. The third-order valence-corrected chi connectivity index (χ3v) is 3.88. The van der Waals surface area contributed by atoms with E-state index in [2.05, 4.69) is 15.0 Å². The van der Waals surface area contributed by atoms with Crippen LogP contribution in [0.15, 0.2) is 29.2 Å². The largest absolute Gasteiger partial charge is 0.468 e. The van der Waals surface area contributed by atoms with Gasteiger partial charge in [-0.3, -0.25) is 18.8 Å². The molecule has 1 N–H and O–H groups in total. The van der Waals surface area contributed by atoms with Crippen molar-refractivity contribution >= 4 is 28.6 Å². The molecule has 0 unspecified atom stereocenters. The van der Waals surface area contributed by atoms with Crippen LogP contribution >= 0.6 is 0 Å². The van der Waals surface area contributed by atoms with Crippen LogP contribution in [0.25, 0.3) is 16.7 Å². The Morgan fingerprint density at radius 1 is 1.33 bits per heavy atom. The fourth-order valence-electron chi connectivity index (χ4n) is 2.56. The molecule has 0 saturated heterocycles. The Labute approximate surface area is 136 Å². The number of carbonyl (C=O) groups is 2. The second-order valence-corrected chi connectivity index (χ2v) is 5.39. The Morgan fingerprint density at radius 3 is 2.79 bits per heavy atom. The molecule has 0 aliphatic rings. The summed E-state index contributed by atoms with van der Waals surface area (Å²) in [6, 6.07) is 5.11. The SMILES string of the molecule is COC(=O)CNC(=O)c1cc2c(=O)n3cccc(C)c3nc2n1C. The van der Waals surface area contributed by atoms with E-state index in [9.17, 15) is 14.4 Å². The van der Waals surface area contributed by atoms with Crippen molar-refractivity contribution in [3.05, 3.63) is 46.0 Å². The summed E-state index contributed by atoms with van der Waals surface area (Å²) >= 11 is 0. The zero-order chi connectivity index (χ0) is 17.4. The van der Waals surface area contributed by atoms with E-state index in [1.807, 2.05) is 13.0 Å². The zero-order valence-corrected chi connectivity index (χ0v) is 13.5. The third kappa shape index (κ3) is 2.41. The molecule has 0 bridgehead atoms. The van der Waals surface area contributed by atoms with Crippen LogP contribution in [-0.4, -0.2) is 39.5 Å². The van der Waals surface area contributed by atoms with Crippen molar-refractivity contribution in [2.45, 2.75) is 6.92 Å². The molecule has 0 aliphatic carbocycles. The lowest BCUT2D eigenvalue weighted by molar-refractivity contribution is -0.139. The number of aromatic nitrogens is 3. The van der Waals surface area contributed by atoms with Gasteiger partial charge in [0.2, 0.25) is 0 Å². The zero-order valence-electron chi connectivity index (χ0n) is 13.5. The summed E-state index contributed by atoms with van der Waals surface area (Å²) < 4.78 is 7.47. The van der Waals surface area contributed by atoms with Crippen molar-refractivity contribution in [1.82, 2.24) is 19.3 Å². The second-order valence-electron chi connectivity index (χ2n) is 5.39. The van der Waals surface area contributed by atoms with Gasteiger partial charge >= 0.3 is 5.97 Å². The number of aryl methyl sites for hydroxylation is 2. The van der Waals surface area contributed by atoms with E-state index >= 15 is 0 Å². The Balaban J connectivity index is 2.14. The maximum absolute atomic E-state index is 12.6. The van der Waals surface area contributed by atoms with Gasteiger partial charge in [0.15, 0.2) is 0 Å². The molecule has 0 fully saturated rings. The van der Waals surface area contributed by atoms with Crippen molar-refractivity contribution < 1.29 is 14.3 Å². The van der Waals surface area contributed by atoms with Crippen molar-refractivity contribution in [3.8, 4) is 0 Å². The first kappa shape index (κ1) is 15.7. The van der Waals surface area contributed by atoms with Gasteiger partial charge in [-0.2, -0.15) is 0 Å². The summed E-state index contributed by atoms with van der Waals surface area (Å²) in [7, 11) is 2.89. The van der Waals surface area contributed by atoms with Crippen LogP contribution in [0.1, 0.15) is 16.1 Å². The van der Waals surface area contributed by atoms with E-state index in [0.29, 0.717) is 16.7 Å². The number of rotatable bonds is 3. The lowest BCUT2D eigenvalue weighted by atomic mass is 10.3. The van der Waals surface area contributed by atoms with Gasteiger partial charge in [0.05, 0.1) is 12.5 Å². The molecular formula is C16H16N4O4. The number of pyridine rings is 1. The van der Waals surface area contributed by atoms with Gasteiger partial charge in [-0.15, -0.1) is 0 Å². The Morgan fingerprint density at radius 2 is 2.08 bits per heavy atom. The Kier molecular flexibility index (Phi) is 3.80. The van der Waals surface area contributed by atoms with E-state index in [1.54, 1.807) is 19.3 Å². The molecule has 1 amide bonds. The number of nitrogens with one attached hydrogen (secondary N) is 1. The van der Waals surface area contributed by atoms with E-state index in [-0.39, 0.29) is 17.8 Å². The normalized spacial score (nSPS) is 11.0. The summed E-state index contributed by atoms with van der Waals surface area (Å²) in [5.74, 6) is -1.03. The molecule has 0 radical (unpaired) electrons. The average Bonchev–Trinajstić information content (AvgIpc) is 2.91. The minimum atomic E-state index is -0.554. The highest BCUT2D eigenvalue weighted by atomic mass is 16.5. The van der Waals surface area contributed by atoms with Crippen LogP contribution in [0.3, 0.4) is 0 Å². The summed E-state index contributed by atoms with van der Waals surface area (Å²) in [5, 5.41) is 2.79. The number of methoxy groups -OCH3 is 1. The summed E-state index contributed by atoms with van der Waals surface area (Å²) in [6.07, 6.45) is 1.64. The monoisotopic (exact) mass is 328 g/mol. The lowest BCUT2D eigenvalue weighted by Gasteiger charge is -2.06. The lowest BCUT2D eigenvalue weighted by Crippen LogP contribution is -2.31. The van der Waals surface area contributed by atoms with Gasteiger partial charge in [-0.1, -0.05) is 6.07 Å². The predicted octanol–water partition coefficient (Wildman–Crippen LogP) is 0.397. The van der Waals surface area contributed by atoms with Gasteiger partial charge in [0.1, 0.15) is 23.5 Å². The highest BCUT2D eigenvalue weighted by Crippen LogP contribution is 2.16. The van der Waals surface area contributed by atoms with Crippen molar-refractivity contribution in [2.75, 3.05) is 13.7 Å². The molecule has 0 spiro atoms. The first-order chi connectivity index (χ1) is 11.4. The second kappa shape index (κ2) is 5.80. The highest BCUT2D eigenvalue weighted by molar-refractivity contribution is 5.99. The van der Waals surface area contributed by atoms with Crippen LogP contribution in [0, 0.1) is 6.92 Å². The number of hydrogen-bond acceptors (Lipinski definition) is 5. The van der Waals surface area contributed by atoms with Crippen molar-refractivity contribution in [1.29, 1.82) is 0 Å². The molecule has 0 saturated carbocycles. The van der Waals surface area contributed by atoms with Crippen molar-refractivity contribution in [2.24, 2.45) is 7.05 Å². The van der Waals surface area contributed by atoms with Gasteiger partial charge < -0.3 is 14.6 Å². The number of amides is 1. The standard InChI is InChI=1S/C16H16N4O4/c1-9-5-4-6-20-13(9)18-14-10(16(20)23)7-11(19(14)2)15(22)17-8-12(21)24-3/h4-7H,8H2,1-3H3,(H,17,22). The molecule has 24 heavy (non-hydrogen) atoms. The first-order valence-electron chi connectivity index (χ1n) is 7.26. The van der Waals surface area contributed by atoms with Gasteiger partial charge in [-0.25, -0.2) is 4.98 Å². The van der Waals surface area contributed by atoms with E-state index < -0.39 is 11.9 Å². The summed E-state index contributed by atoms with van der Waals surface area (Å²) in [6.45, 7) is 1.62. The summed E-state index contributed by atoms with van der Waals surface area (Å²) in [5.41, 5.74) is 1.80. The molecule has 8 heteroatoms. The van der Waals surface area contributed by atoms with Crippen LogP contribution in [0.2, 0.25) is 0 Å². The highest BCUT2D eigenvalue weighted by Gasteiger charge is 2.18. The minimum Gasteiger partial charge on any atom is -0.468 e. The van der Waals surface area contributed by atoms with Gasteiger partial charge in [0, 0.05) is 13.2 Å². The van der Waals surface area contributed by atoms with Gasteiger partial charge in [-0.05, 0) is 24.6 Å². The number of ether oxygens (including phenoxy) is 1. The van der Waals surface area contributed by atoms with Crippen molar-refractivity contribution in [3.63, 3.8) is 0 Å². The summed E-state index contributed by atoms with van der Waals surface area (Å²) in [4.78, 5) is 40.5. The minimum absolute atomic E-state index is 0.243. The number of fused-ring (bicyclic) bond motifs is 2. The molecule has 3 heterocycles. The van der Waals surface area contributed by atoms with Crippen LogP contribution in [0.5, 0.6) is 0 Å². The van der Waals surface area contributed by atoms with Crippen LogP contribution in [0.4, 0.5) is 0 Å². The number of nitrogens with zero attached hydrogens (tertiary/aromatic N) is 3.